The molecule has 1 aromatic heterocycles. The number of fused-ring (bicyclic) bond motifs is 1. The van der Waals surface area contributed by atoms with Gasteiger partial charge in [0.1, 0.15) is 11.7 Å². The van der Waals surface area contributed by atoms with Crippen molar-refractivity contribution in [1.29, 1.82) is 0 Å². The molecule has 0 amide bonds. The Bertz CT molecular complexity index is 1330. The second kappa shape index (κ2) is 9.35. The second-order valence-corrected chi connectivity index (χ2v) is 8.31. The van der Waals surface area contributed by atoms with Crippen molar-refractivity contribution >= 4 is 17.1 Å². The average molecular weight is 460 g/mol. The van der Waals surface area contributed by atoms with Crippen LogP contribution in [-0.4, -0.2) is 22.2 Å². The first-order valence-corrected chi connectivity index (χ1v) is 10.9. The molecule has 0 radical (unpaired) electrons. The molecule has 0 saturated carbocycles. The Kier molecular flexibility index (Phi) is 6.32. The van der Waals surface area contributed by atoms with Crippen LogP contribution >= 0.6 is 0 Å². The van der Waals surface area contributed by atoms with Gasteiger partial charge < -0.3 is 14.8 Å². The number of hydrogen-bond acceptors (Lipinski definition) is 7. The summed E-state index contributed by atoms with van der Waals surface area (Å²) in [6.07, 6.45) is -1.32. The van der Waals surface area contributed by atoms with Crippen LogP contribution < -0.4 is 5.32 Å². The van der Waals surface area contributed by atoms with Crippen molar-refractivity contribution in [2.24, 2.45) is 0 Å². The van der Waals surface area contributed by atoms with E-state index < -0.39 is 23.1 Å². The Morgan fingerprint density at radius 3 is 2.44 bits per heavy atom. The number of nitrogens with one attached hydrogen (secondary N) is 1. The summed E-state index contributed by atoms with van der Waals surface area (Å²) in [7, 11) is 0. The zero-order valence-electron chi connectivity index (χ0n) is 19.4. The Labute approximate surface area is 197 Å². The molecule has 2 heterocycles. The fourth-order valence-corrected chi connectivity index (χ4v) is 4.11. The van der Waals surface area contributed by atoms with Crippen LogP contribution in [0.3, 0.4) is 0 Å². The van der Waals surface area contributed by atoms with E-state index in [1.165, 1.54) is 0 Å². The summed E-state index contributed by atoms with van der Waals surface area (Å²) in [5.41, 5.74) is 3.56. The van der Waals surface area contributed by atoms with E-state index in [1.807, 2.05) is 54.6 Å². The predicted octanol–water partition coefficient (Wildman–Crippen LogP) is 5.89. The molecule has 3 aromatic rings. The van der Waals surface area contributed by atoms with E-state index in [9.17, 15) is 14.9 Å². The van der Waals surface area contributed by atoms with Crippen LogP contribution in [0.1, 0.15) is 39.2 Å². The highest BCUT2D eigenvalue weighted by molar-refractivity contribution is 5.86. The van der Waals surface area contributed by atoms with E-state index in [0.717, 1.165) is 16.6 Å². The van der Waals surface area contributed by atoms with Gasteiger partial charge in [-0.15, -0.1) is 0 Å². The lowest BCUT2D eigenvalue weighted by molar-refractivity contribution is -0.431. The molecule has 1 aliphatic rings. The Morgan fingerprint density at radius 1 is 1.03 bits per heavy atom. The summed E-state index contributed by atoms with van der Waals surface area (Å²) in [5.74, 6) is -0.847. The molecular formula is C26H25N3O5. The maximum Gasteiger partial charge on any atom is 0.513 e. The molecular weight excluding hydrogens is 434 g/mol. The smallest absolute Gasteiger partial charge is 0.431 e. The summed E-state index contributed by atoms with van der Waals surface area (Å²) >= 11 is 0. The zero-order chi connectivity index (χ0) is 24.4. The summed E-state index contributed by atoms with van der Waals surface area (Å²) in [6, 6.07) is 19.0. The molecule has 0 aliphatic carbocycles. The Balaban J connectivity index is 1.91. The van der Waals surface area contributed by atoms with E-state index in [0.29, 0.717) is 22.5 Å². The minimum Gasteiger partial charge on any atom is -0.431 e. The molecule has 1 aliphatic heterocycles. The number of aromatic nitrogens is 1. The molecule has 8 heteroatoms. The number of hydrogen-bond donors (Lipinski definition) is 1. The van der Waals surface area contributed by atoms with Crippen LogP contribution in [0, 0.1) is 10.1 Å². The first kappa shape index (κ1) is 23.0. The van der Waals surface area contributed by atoms with Crippen molar-refractivity contribution in [1.82, 2.24) is 10.3 Å². The molecule has 174 valence electrons. The van der Waals surface area contributed by atoms with Gasteiger partial charge in [0.15, 0.2) is 0 Å². The van der Waals surface area contributed by atoms with Gasteiger partial charge in [-0.3, -0.25) is 10.1 Å². The van der Waals surface area contributed by atoms with Crippen LogP contribution in [0.4, 0.5) is 4.79 Å². The van der Waals surface area contributed by atoms with Crippen molar-refractivity contribution < 1.29 is 19.2 Å². The Morgan fingerprint density at radius 2 is 1.76 bits per heavy atom. The zero-order valence-corrected chi connectivity index (χ0v) is 19.4. The summed E-state index contributed by atoms with van der Waals surface area (Å²) in [4.78, 5) is 29.0. The highest BCUT2D eigenvalue weighted by Gasteiger charge is 2.41. The molecule has 4 rings (SSSR count). The topological polar surface area (TPSA) is 104 Å². The van der Waals surface area contributed by atoms with Crippen molar-refractivity contribution in [2.75, 3.05) is 0 Å². The summed E-state index contributed by atoms with van der Waals surface area (Å²) in [5, 5.41) is 16.0. The van der Waals surface area contributed by atoms with Crippen molar-refractivity contribution in [2.45, 2.75) is 39.7 Å². The number of ether oxygens (including phenoxy) is 2. The lowest BCUT2D eigenvalue weighted by atomic mass is 9.87. The first-order chi connectivity index (χ1) is 16.3. The maximum atomic E-state index is 12.4. The van der Waals surface area contributed by atoms with Crippen LogP contribution in [0.25, 0.3) is 22.2 Å². The first-order valence-electron chi connectivity index (χ1n) is 10.9. The molecule has 1 atom stereocenters. The highest BCUT2D eigenvalue weighted by atomic mass is 16.7. The van der Waals surface area contributed by atoms with E-state index in [4.69, 9.17) is 14.5 Å². The van der Waals surface area contributed by atoms with Gasteiger partial charge in [-0.05, 0) is 39.3 Å². The third-order valence-corrected chi connectivity index (χ3v) is 5.52. The average Bonchev–Trinajstić information content (AvgIpc) is 2.79. The fourth-order valence-electron chi connectivity index (χ4n) is 4.11. The van der Waals surface area contributed by atoms with Gasteiger partial charge in [0.05, 0.1) is 33.6 Å². The predicted molar refractivity (Wildman–Crippen MR) is 128 cm³/mol. The normalized spacial score (nSPS) is 16.0. The number of pyridine rings is 1. The molecule has 1 N–H and O–H groups in total. The minimum absolute atomic E-state index is 0.113. The van der Waals surface area contributed by atoms with Gasteiger partial charge in [-0.2, -0.15) is 0 Å². The number of allylic oxidation sites excluding steroid dienone is 2. The molecule has 0 saturated heterocycles. The molecule has 0 bridgehead atoms. The number of rotatable bonds is 5. The number of benzene rings is 2. The SMILES string of the molecule is CC1=C(OC(=O)OC(C)C)C(c2cccc3ccc(-c4ccccc4)nc23)C([N+](=O)[O-])=C(C)N1. The maximum absolute atomic E-state index is 12.4. The highest BCUT2D eigenvalue weighted by Crippen LogP contribution is 2.41. The van der Waals surface area contributed by atoms with Gasteiger partial charge in [-0.25, -0.2) is 9.78 Å². The third kappa shape index (κ3) is 4.47. The van der Waals surface area contributed by atoms with Crippen LogP contribution in [-0.2, 0) is 9.47 Å². The second-order valence-electron chi connectivity index (χ2n) is 8.31. The van der Waals surface area contributed by atoms with E-state index in [2.05, 4.69) is 5.32 Å². The van der Waals surface area contributed by atoms with E-state index >= 15 is 0 Å². The standard InChI is InChI=1S/C26H25N3O5/c1-15(2)33-26(30)34-25-17(4)27-16(3)24(29(31)32)22(25)20-12-8-11-19-13-14-21(28-23(19)20)18-9-6-5-7-10-18/h5-15,22,27H,1-4H3. The van der Waals surface area contributed by atoms with Gasteiger partial charge in [0.25, 0.3) is 5.70 Å². The number of nitrogens with zero attached hydrogens (tertiary/aromatic N) is 2. The lowest BCUT2D eigenvalue weighted by Crippen LogP contribution is -2.30. The molecule has 0 fully saturated rings. The van der Waals surface area contributed by atoms with Crippen molar-refractivity contribution in [3.8, 4) is 11.3 Å². The number of nitro groups is 1. The monoisotopic (exact) mass is 459 g/mol. The van der Waals surface area contributed by atoms with Crippen LogP contribution in [0.5, 0.6) is 0 Å². The van der Waals surface area contributed by atoms with Gasteiger partial charge >= 0.3 is 6.16 Å². The molecule has 0 spiro atoms. The van der Waals surface area contributed by atoms with Gasteiger partial charge in [0, 0.05) is 10.9 Å². The lowest BCUT2D eigenvalue weighted by Gasteiger charge is -2.27. The van der Waals surface area contributed by atoms with Gasteiger partial charge in [-0.1, -0.05) is 54.6 Å². The number of para-hydroxylation sites is 1. The van der Waals surface area contributed by atoms with E-state index in [-0.39, 0.29) is 11.5 Å². The van der Waals surface area contributed by atoms with E-state index in [1.54, 1.807) is 33.8 Å². The number of dihydropyridines is 1. The molecule has 8 nitrogen and oxygen atoms in total. The molecule has 2 aromatic carbocycles. The largest absolute Gasteiger partial charge is 0.513 e. The van der Waals surface area contributed by atoms with Crippen molar-refractivity contribution in [3.05, 3.63) is 99.2 Å². The fraction of sp³-hybridized carbons (Fsp3) is 0.231. The molecule has 34 heavy (non-hydrogen) atoms. The van der Waals surface area contributed by atoms with Crippen LogP contribution in [0.15, 0.2) is 83.5 Å². The summed E-state index contributed by atoms with van der Waals surface area (Å²) in [6.45, 7) is 6.74. The minimum atomic E-state index is -0.960. The van der Waals surface area contributed by atoms with Crippen LogP contribution in [0.2, 0.25) is 0 Å². The quantitative estimate of drug-likeness (QED) is 0.288. The van der Waals surface area contributed by atoms with Crippen molar-refractivity contribution in [3.63, 3.8) is 0 Å². The summed E-state index contributed by atoms with van der Waals surface area (Å²) < 4.78 is 10.7. The number of carbonyl (C=O) groups excluding carboxylic acids is 1. The third-order valence-electron chi connectivity index (χ3n) is 5.52. The van der Waals surface area contributed by atoms with Gasteiger partial charge in [0.2, 0.25) is 0 Å². The number of carbonyl (C=O) groups is 1. The Hall–Kier alpha value is -4.20. The molecule has 1 unspecified atom stereocenters.